The molecular weight excluding hydrogens is 446 g/mol. The quantitative estimate of drug-likeness (QED) is 0.330. The number of sulfonamides is 1. The molecule has 0 heterocycles. The fraction of sp³-hybridized carbons (Fsp3) is 0.107. The van der Waals surface area contributed by atoms with Gasteiger partial charge in [-0.15, -0.1) is 0 Å². The molecule has 0 bridgehead atoms. The number of hydrogen-bond acceptors (Lipinski definition) is 4. The number of aryl methyl sites for hydroxylation is 1. The standard InChI is InChI=1S/C28H25NO4S/c1-2-22-13-17-25(18-14-22)29(34(31,32)27-11-7-4-8-12-27)28(30)21-33-26-19-15-24(16-20-26)23-9-5-3-6-10-23/h3-20H,2,21H2,1H3. The molecule has 0 aliphatic heterocycles. The maximum atomic E-state index is 13.4. The van der Waals surface area contributed by atoms with E-state index in [1.165, 1.54) is 12.1 Å². The minimum atomic E-state index is -4.12. The SMILES string of the molecule is CCc1ccc(N(C(=O)COc2ccc(-c3ccccc3)cc2)S(=O)(=O)c2ccccc2)cc1. The highest BCUT2D eigenvalue weighted by molar-refractivity contribution is 7.93. The molecule has 0 aliphatic rings. The third-order valence-corrected chi connectivity index (χ3v) is 7.17. The number of anilines is 1. The maximum absolute atomic E-state index is 13.4. The predicted octanol–water partition coefficient (Wildman–Crippen LogP) is 5.72. The summed E-state index contributed by atoms with van der Waals surface area (Å²) in [5, 5.41) is 0. The van der Waals surface area contributed by atoms with Crippen LogP contribution in [0.3, 0.4) is 0 Å². The Bertz CT molecular complexity index is 1340. The Morgan fingerprint density at radius 3 is 1.88 bits per heavy atom. The summed E-state index contributed by atoms with van der Waals surface area (Å²) in [6.07, 6.45) is 0.807. The van der Waals surface area contributed by atoms with Crippen LogP contribution in [0.5, 0.6) is 5.75 Å². The Kier molecular flexibility index (Phi) is 7.09. The molecule has 4 aromatic carbocycles. The molecule has 6 heteroatoms. The van der Waals surface area contributed by atoms with Crippen LogP contribution in [0.15, 0.2) is 114 Å². The molecule has 34 heavy (non-hydrogen) atoms. The molecule has 4 aromatic rings. The Hall–Kier alpha value is -3.90. The van der Waals surface area contributed by atoms with Gasteiger partial charge in [-0.3, -0.25) is 4.79 Å². The predicted molar refractivity (Wildman–Crippen MR) is 134 cm³/mol. The highest BCUT2D eigenvalue weighted by Crippen LogP contribution is 2.26. The zero-order chi connectivity index (χ0) is 24.0. The summed E-state index contributed by atoms with van der Waals surface area (Å²) in [6, 6.07) is 32.1. The molecule has 0 atom stereocenters. The normalized spacial score (nSPS) is 11.1. The molecule has 0 radical (unpaired) electrons. The van der Waals surface area contributed by atoms with E-state index < -0.39 is 22.5 Å². The third kappa shape index (κ3) is 5.18. The van der Waals surface area contributed by atoms with Crippen LogP contribution < -0.4 is 9.04 Å². The van der Waals surface area contributed by atoms with Gasteiger partial charge in [-0.1, -0.05) is 79.7 Å². The van der Waals surface area contributed by atoms with Gasteiger partial charge in [0.1, 0.15) is 5.75 Å². The molecule has 0 fully saturated rings. The molecule has 5 nitrogen and oxygen atoms in total. The van der Waals surface area contributed by atoms with E-state index in [1.54, 1.807) is 42.5 Å². The van der Waals surface area contributed by atoms with Crippen LogP contribution in [-0.2, 0) is 21.2 Å². The van der Waals surface area contributed by atoms with E-state index in [1.807, 2.05) is 61.5 Å². The van der Waals surface area contributed by atoms with Crippen LogP contribution in [0.4, 0.5) is 5.69 Å². The first-order chi connectivity index (χ1) is 16.5. The lowest BCUT2D eigenvalue weighted by Gasteiger charge is -2.23. The first-order valence-corrected chi connectivity index (χ1v) is 12.4. The molecule has 0 unspecified atom stereocenters. The van der Waals surface area contributed by atoms with Crippen molar-refractivity contribution in [3.8, 4) is 16.9 Å². The first kappa shape index (κ1) is 23.3. The van der Waals surface area contributed by atoms with Crippen molar-refractivity contribution in [2.75, 3.05) is 10.9 Å². The van der Waals surface area contributed by atoms with Crippen molar-refractivity contribution in [3.05, 3.63) is 115 Å². The minimum Gasteiger partial charge on any atom is -0.484 e. The van der Waals surface area contributed by atoms with Crippen molar-refractivity contribution in [2.45, 2.75) is 18.2 Å². The molecule has 0 spiro atoms. The number of ether oxygens (including phenoxy) is 1. The van der Waals surface area contributed by atoms with Gasteiger partial charge in [0.15, 0.2) is 6.61 Å². The van der Waals surface area contributed by atoms with E-state index in [2.05, 4.69) is 0 Å². The average molecular weight is 472 g/mol. The summed E-state index contributed by atoms with van der Waals surface area (Å²) in [6.45, 7) is 1.59. The summed E-state index contributed by atoms with van der Waals surface area (Å²) in [5.74, 6) is -0.202. The van der Waals surface area contributed by atoms with Gasteiger partial charge in [0.05, 0.1) is 10.6 Å². The first-order valence-electron chi connectivity index (χ1n) is 11.0. The highest BCUT2D eigenvalue weighted by Gasteiger charge is 2.31. The van der Waals surface area contributed by atoms with Crippen LogP contribution in [-0.4, -0.2) is 20.9 Å². The second-order valence-corrected chi connectivity index (χ2v) is 9.46. The van der Waals surface area contributed by atoms with E-state index in [4.69, 9.17) is 4.74 Å². The van der Waals surface area contributed by atoms with Crippen molar-refractivity contribution in [1.29, 1.82) is 0 Å². The van der Waals surface area contributed by atoms with Crippen LogP contribution in [0.1, 0.15) is 12.5 Å². The van der Waals surface area contributed by atoms with Crippen molar-refractivity contribution in [2.24, 2.45) is 0 Å². The van der Waals surface area contributed by atoms with Crippen LogP contribution in [0.2, 0.25) is 0 Å². The van der Waals surface area contributed by atoms with Crippen LogP contribution in [0, 0.1) is 0 Å². The number of rotatable bonds is 8. The highest BCUT2D eigenvalue weighted by atomic mass is 32.2. The van der Waals surface area contributed by atoms with E-state index in [0.29, 0.717) is 5.75 Å². The summed E-state index contributed by atoms with van der Waals surface area (Å²) in [7, 11) is -4.12. The minimum absolute atomic E-state index is 0.0372. The molecule has 0 aliphatic carbocycles. The Morgan fingerprint density at radius 1 is 0.735 bits per heavy atom. The van der Waals surface area contributed by atoms with Crippen molar-refractivity contribution in [3.63, 3.8) is 0 Å². The van der Waals surface area contributed by atoms with Gasteiger partial charge < -0.3 is 4.74 Å². The van der Waals surface area contributed by atoms with Gasteiger partial charge in [-0.2, -0.15) is 4.31 Å². The van der Waals surface area contributed by atoms with E-state index in [0.717, 1.165) is 27.4 Å². The van der Waals surface area contributed by atoms with Gasteiger partial charge in [-0.25, -0.2) is 8.42 Å². The zero-order valence-corrected chi connectivity index (χ0v) is 19.6. The second-order valence-electron chi connectivity index (χ2n) is 7.68. The second kappa shape index (κ2) is 10.4. The van der Waals surface area contributed by atoms with Gasteiger partial charge in [-0.05, 0) is 59.5 Å². The molecular formula is C28H25NO4S. The van der Waals surface area contributed by atoms with E-state index in [9.17, 15) is 13.2 Å². The van der Waals surface area contributed by atoms with Gasteiger partial charge >= 0.3 is 0 Å². The summed E-state index contributed by atoms with van der Waals surface area (Å²) >= 11 is 0. The molecule has 0 saturated heterocycles. The van der Waals surface area contributed by atoms with Crippen LogP contribution in [0.25, 0.3) is 11.1 Å². The number of nitrogens with zero attached hydrogens (tertiary/aromatic N) is 1. The number of carbonyl (C=O) groups is 1. The largest absolute Gasteiger partial charge is 0.484 e. The molecule has 0 saturated carbocycles. The molecule has 0 aromatic heterocycles. The van der Waals surface area contributed by atoms with Crippen molar-refractivity contribution >= 4 is 21.6 Å². The smallest absolute Gasteiger partial charge is 0.278 e. The number of carbonyl (C=O) groups excluding carboxylic acids is 1. The fourth-order valence-electron chi connectivity index (χ4n) is 3.56. The van der Waals surface area contributed by atoms with E-state index >= 15 is 0 Å². The molecule has 1 amide bonds. The fourth-order valence-corrected chi connectivity index (χ4v) is 4.99. The monoisotopic (exact) mass is 471 g/mol. The van der Waals surface area contributed by atoms with Crippen LogP contribution >= 0.6 is 0 Å². The van der Waals surface area contributed by atoms with E-state index in [-0.39, 0.29) is 10.6 Å². The number of hydrogen-bond donors (Lipinski definition) is 0. The Balaban J connectivity index is 1.57. The summed E-state index contributed by atoms with van der Waals surface area (Å²) in [5.41, 5.74) is 3.40. The average Bonchev–Trinajstić information content (AvgIpc) is 2.89. The molecule has 0 N–H and O–H groups in total. The summed E-state index contributed by atoms with van der Waals surface area (Å²) in [4.78, 5) is 13.2. The lowest BCUT2D eigenvalue weighted by molar-refractivity contribution is -0.119. The topological polar surface area (TPSA) is 63.7 Å². The zero-order valence-electron chi connectivity index (χ0n) is 18.8. The van der Waals surface area contributed by atoms with Crippen molar-refractivity contribution in [1.82, 2.24) is 0 Å². The Morgan fingerprint density at radius 2 is 1.29 bits per heavy atom. The third-order valence-electron chi connectivity index (χ3n) is 5.41. The molecule has 172 valence electrons. The van der Waals surface area contributed by atoms with Gasteiger partial charge in [0, 0.05) is 0 Å². The molecule has 4 rings (SSSR count). The maximum Gasteiger partial charge on any atom is 0.278 e. The lowest BCUT2D eigenvalue weighted by atomic mass is 10.1. The van der Waals surface area contributed by atoms with Gasteiger partial charge in [0.25, 0.3) is 15.9 Å². The Labute approximate surface area is 200 Å². The van der Waals surface area contributed by atoms with Crippen molar-refractivity contribution < 1.29 is 17.9 Å². The van der Waals surface area contributed by atoms with Gasteiger partial charge in [0.2, 0.25) is 0 Å². The number of amides is 1. The number of benzene rings is 4. The summed E-state index contributed by atoms with van der Waals surface area (Å²) < 4.78 is 33.3. The lowest BCUT2D eigenvalue weighted by Crippen LogP contribution is -2.40.